The van der Waals surface area contributed by atoms with Crippen molar-refractivity contribution < 1.29 is 23.1 Å². The Bertz CT molecular complexity index is 1300. The van der Waals surface area contributed by atoms with Gasteiger partial charge in [-0.2, -0.15) is 0 Å². The lowest BCUT2D eigenvalue weighted by atomic mass is 10.0. The molecule has 0 saturated carbocycles. The van der Waals surface area contributed by atoms with Gasteiger partial charge in [0.2, 0.25) is 0 Å². The zero-order valence-electron chi connectivity index (χ0n) is 27.9. The first-order chi connectivity index (χ1) is 21.6. The smallest absolute Gasteiger partial charge is 0.319 e. The number of phenolic OH excluding ortho intramolecular Hbond substituents is 1. The first-order valence-corrected chi connectivity index (χ1v) is 18.3. The van der Waals surface area contributed by atoms with Crippen molar-refractivity contribution in [2.75, 3.05) is 30.7 Å². The summed E-state index contributed by atoms with van der Waals surface area (Å²) >= 11 is 0. The Kier molecular flexibility index (Phi) is 17.4. The zero-order chi connectivity index (χ0) is 33.1. The van der Waals surface area contributed by atoms with Crippen molar-refractivity contribution >= 4 is 33.3 Å². The van der Waals surface area contributed by atoms with Gasteiger partial charge in [0.25, 0.3) is 15.9 Å². The molecule has 0 aliphatic heterocycles. The van der Waals surface area contributed by atoms with Gasteiger partial charge in [0.15, 0.2) is 0 Å². The fraction of sp³-hybridized carbons (Fsp3) is 0.600. The van der Waals surface area contributed by atoms with E-state index in [0.29, 0.717) is 12.1 Å². The van der Waals surface area contributed by atoms with Gasteiger partial charge in [-0.3, -0.25) is 9.52 Å². The molecule has 9 nitrogen and oxygen atoms in total. The number of anilines is 2. The van der Waals surface area contributed by atoms with Gasteiger partial charge in [0.1, 0.15) is 10.6 Å². The third kappa shape index (κ3) is 14.1. The number of aromatic hydroxyl groups is 1. The molecule has 4 N–H and O–H groups in total. The lowest BCUT2D eigenvalue weighted by molar-refractivity contribution is 0.0824. The Balaban J connectivity index is 1.70. The number of unbranched alkanes of at least 4 members (excludes halogenated alkanes) is 15. The number of nitrogens with zero attached hydrogens (tertiary/aromatic N) is 1. The van der Waals surface area contributed by atoms with Crippen LogP contribution in [0.15, 0.2) is 41.3 Å². The molecule has 0 atom stereocenters. The van der Waals surface area contributed by atoms with E-state index in [-0.39, 0.29) is 27.6 Å². The molecule has 0 fully saturated rings. The van der Waals surface area contributed by atoms with Gasteiger partial charge >= 0.3 is 6.03 Å². The lowest BCUT2D eigenvalue weighted by Gasteiger charge is -2.17. The summed E-state index contributed by atoms with van der Waals surface area (Å²) in [5.74, 6) is -0.667. The molecular weight excluding hydrogens is 588 g/mol. The van der Waals surface area contributed by atoms with Gasteiger partial charge in [0.05, 0.1) is 16.9 Å². The van der Waals surface area contributed by atoms with E-state index in [9.17, 15) is 23.1 Å². The topological polar surface area (TPSA) is 128 Å². The van der Waals surface area contributed by atoms with Crippen molar-refractivity contribution in [3.8, 4) is 5.75 Å². The van der Waals surface area contributed by atoms with Crippen molar-refractivity contribution in [3.05, 3.63) is 47.5 Å². The minimum Gasteiger partial charge on any atom is -0.507 e. The third-order valence-electron chi connectivity index (χ3n) is 7.93. The number of amides is 3. The van der Waals surface area contributed by atoms with Crippen LogP contribution in [-0.4, -0.2) is 51.0 Å². The van der Waals surface area contributed by atoms with Crippen molar-refractivity contribution in [2.45, 2.75) is 121 Å². The van der Waals surface area contributed by atoms with Crippen LogP contribution in [0, 0.1) is 6.92 Å². The maximum atomic E-state index is 13.3. The largest absolute Gasteiger partial charge is 0.507 e. The SMILES string of the molecule is CCCCCCCCCCCCCCCCCCNC(=O)Nc1ccccc1S(=O)(=O)Nc1cc(C)c(O)c(C(=O)N(C)C)c1. The number of carbonyl (C=O) groups is 2. The van der Waals surface area contributed by atoms with Crippen LogP contribution >= 0.6 is 0 Å². The Hall–Kier alpha value is -3.27. The summed E-state index contributed by atoms with van der Waals surface area (Å²) in [7, 11) is -1.05. The van der Waals surface area contributed by atoms with Crippen LogP contribution in [0.5, 0.6) is 5.75 Å². The summed E-state index contributed by atoms with van der Waals surface area (Å²) in [6.07, 6.45) is 20.5. The van der Waals surface area contributed by atoms with Crippen LogP contribution < -0.4 is 15.4 Å². The van der Waals surface area contributed by atoms with Gasteiger partial charge in [-0.1, -0.05) is 115 Å². The highest BCUT2D eigenvalue weighted by Crippen LogP contribution is 2.30. The third-order valence-corrected chi connectivity index (χ3v) is 9.37. The second-order valence-corrected chi connectivity index (χ2v) is 13.8. The molecule has 45 heavy (non-hydrogen) atoms. The maximum absolute atomic E-state index is 13.3. The molecule has 10 heteroatoms. The van der Waals surface area contributed by atoms with E-state index in [1.165, 1.54) is 113 Å². The van der Waals surface area contributed by atoms with E-state index < -0.39 is 22.0 Å². The molecule has 2 aromatic rings. The normalized spacial score (nSPS) is 11.3. The molecule has 0 aliphatic rings. The van der Waals surface area contributed by atoms with E-state index >= 15 is 0 Å². The van der Waals surface area contributed by atoms with Crippen molar-refractivity contribution in [3.63, 3.8) is 0 Å². The molecule has 0 heterocycles. The summed E-state index contributed by atoms with van der Waals surface area (Å²) in [5.41, 5.74) is 0.589. The number of aryl methyl sites for hydroxylation is 1. The van der Waals surface area contributed by atoms with Crippen molar-refractivity contribution in [1.29, 1.82) is 0 Å². The average molecular weight is 645 g/mol. The van der Waals surface area contributed by atoms with Crippen LogP contribution in [0.25, 0.3) is 0 Å². The predicted molar refractivity (Wildman–Crippen MR) is 185 cm³/mol. The monoisotopic (exact) mass is 644 g/mol. The number of hydrogen-bond donors (Lipinski definition) is 4. The number of nitrogens with one attached hydrogen (secondary N) is 3. The second kappa shape index (κ2) is 20.7. The van der Waals surface area contributed by atoms with Gasteiger partial charge in [-0.05, 0) is 43.2 Å². The maximum Gasteiger partial charge on any atom is 0.319 e. The molecule has 0 aliphatic carbocycles. The van der Waals surface area contributed by atoms with Crippen LogP contribution in [-0.2, 0) is 10.0 Å². The van der Waals surface area contributed by atoms with Gasteiger partial charge in [0, 0.05) is 20.6 Å². The fourth-order valence-corrected chi connectivity index (χ4v) is 6.50. The molecule has 3 amide bonds. The average Bonchev–Trinajstić information content (AvgIpc) is 3.00. The molecule has 0 aromatic heterocycles. The van der Waals surface area contributed by atoms with E-state index in [2.05, 4.69) is 22.3 Å². The van der Waals surface area contributed by atoms with Crippen LogP contribution in [0.2, 0.25) is 0 Å². The number of sulfonamides is 1. The van der Waals surface area contributed by atoms with Gasteiger partial charge in [-0.25, -0.2) is 13.2 Å². The van der Waals surface area contributed by atoms with Crippen molar-refractivity contribution in [2.24, 2.45) is 0 Å². The number of para-hydroxylation sites is 1. The molecule has 0 radical (unpaired) electrons. The summed E-state index contributed by atoms with van der Waals surface area (Å²) in [6.45, 7) is 4.35. The molecule has 2 aromatic carbocycles. The zero-order valence-corrected chi connectivity index (χ0v) is 28.7. The first-order valence-electron chi connectivity index (χ1n) is 16.8. The lowest BCUT2D eigenvalue weighted by Crippen LogP contribution is -2.30. The standard InChI is InChI=1S/C35H56N4O5S/c1-5-6-7-8-9-10-11-12-13-14-15-16-17-18-19-22-25-36-35(42)37-31-23-20-21-24-32(31)45(43,44)38-29-26-28(2)33(40)30(27-29)34(41)39(3)4/h20-21,23-24,26-27,38,40H,5-19,22,25H2,1-4H3,(H2,36,37,42). The molecule has 252 valence electrons. The van der Waals surface area contributed by atoms with E-state index in [1.54, 1.807) is 33.2 Å². The molecule has 2 rings (SSSR count). The Morgan fingerprint density at radius 1 is 0.778 bits per heavy atom. The number of rotatable bonds is 22. The van der Waals surface area contributed by atoms with E-state index in [4.69, 9.17) is 0 Å². The number of benzene rings is 2. The fourth-order valence-electron chi connectivity index (χ4n) is 5.30. The summed E-state index contributed by atoms with van der Waals surface area (Å²) in [6, 6.07) is 8.39. The van der Waals surface area contributed by atoms with Crippen LogP contribution in [0.4, 0.5) is 16.2 Å². The summed E-state index contributed by atoms with van der Waals surface area (Å²) in [5, 5.41) is 15.8. The van der Waals surface area contributed by atoms with E-state index in [0.717, 1.165) is 19.3 Å². The van der Waals surface area contributed by atoms with Gasteiger partial charge < -0.3 is 20.6 Å². The Morgan fingerprint density at radius 2 is 1.29 bits per heavy atom. The number of urea groups is 1. The highest BCUT2D eigenvalue weighted by molar-refractivity contribution is 7.92. The Morgan fingerprint density at radius 3 is 1.82 bits per heavy atom. The second-order valence-electron chi connectivity index (χ2n) is 12.2. The van der Waals surface area contributed by atoms with E-state index in [1.807, 2.05) is 0 Å². The van der Waals surface area contributed by atoms with Gasteiger partial charge in [-0.15, -0.1) is 0 Å². The molecule has 0 spiro atoms. The minimum atomic E-state index is -4.13. The first kappa shape index (κ1) is 37.9. The quantitative estimate of drug-likeness (QED) is 0.0754. The summed E-state index contributed by atoms with van der Waals surface area (Å²) in [4.78, 5) is 26.2. The Labute approximate surface area is 271 Å². The number of phenols is 1. The van der Waals surface area contributed by atoms with Crippen molar-refractivity contribution in [1.82, 2.24) is 10.2 Å². The molecular formula is C35H56N4O5S. The summed E-state index contributed by atoms with van der Waals surface area (Å²) < 4.78 is 29.1. The number of hydrogen-bond acceptors (Lipinski definition) is 5. The van der Waals surface area contributed by atoms with Crippen LogP contribution in [0.1, 0.15) is 126 Å². The molecule has 0 bridgehead atoms. The number of carbonyl (C=O) groups excluding carboxylic acids is 2. The highest BCUT2D eigenvalue weighted by Gasteiger charge is 2.22. The minimum absolute atomic E-state index is 0.0161. The molecule has 0 unspecified atom stereocenters. The molecule has 0 saturated heterocycles. The van der Waals surface area contributed by atoms with Crippen LogP contribution in [0.3, 0.4) is 0 Å². The predicted octanol–water partition coefficient (Wildman–Crippen LogP) is 8.59. The highest BCUT2D eigenvalue weighted by atomic mass is 32.2.